The third-order valence-electron chi connectivity index (χ3n) is 3.30. The quantitative estimate of drug-likeness (QED) is 0.794. The SMILES string of the molecule is O=C(O)c1ccc2c(c1)NC(=O)C1(CC(F)C1)O2. The van der Waals surface area contributed by atoms with Gasteiger partial charge in [0.25, 0.3) is 5.91 Å². The van der Waals surface area contributed by atoms with E-state index in [-0.39, 0.29) is 18.4 Å². The Morgan fingerprint density at radius 1 is 1.50 bits per heavy atom. The number of aromatic carboxylic acids is 1. The Labute approximate surface area is 102 Å². The second kappa shape index (κ2) is 3.44. The van der Waals surface area contributed by atoms with Gasteiger partial charge in [0.05, 0.1) is 11.3 Å². The van der Waals surface area contributed by atoms with Gasteiger partial charge >= 0.3 is 5.97 Å². The molecule has 1 aliphatic carbocycles. The number of amides is 1. The Kier molecular flexibility index (Phi) is 2.10. The van der Waals surface area contributed by atoms with Crippen molar-refractivity contribution in [3.63, 3.8) is 0 Å². The number of ether oxygens (including phenoxy) is 1. The molecular formula is C12H10FNO4. The zero-order valence-corrected chi connectivity index (χ0v) is 9.27. The van der Waals surface area contributed by atoms with Crippen molar-refractivity contribution in [2.24, 2.45) is 0 Å². The van der Waals surface area contributed by atoms with Gasteiger partial charge in [0.2, 0.25) is 0 Å². The largest absolute Gasteiger partial charge is 0.478 e. The summed E-state index contributed by atoms with van der Waals surface area (Å²) in [7, 11) is 0. The lowest BCUT2D eigenvalue weighted by molar-refractivity contribution is -0.147. The number of nitrogens with one attached hydrogen (secondary N) is 1. The van der Waals surface area contributed by atoms with E-state index in [0.717, 1.165) is 0 Å². The molecule has 1 fully saturated rings. The van der Waals surface area contributed by atoms with Crippen LogP contribution in [0.25, 0.3) is 0 Å². The number of fused-ring (bicyclic) bond motifs is 1. The number of benzene rings is 1. The van der Waals surface area contributed by atoms with Crippen LogP contribution < -0.4 is 10.1 Å². The van der Waals surface area contributed by atoms with Crippen molar-refractivity contribution < 1.29 is 23.8 Å². The fraction of sp³-hybridized carbons (Fsp3) is 0.333. The summed E-state index contributed by atoms with van der Waals surface area (Å²) in [5.74, 6) is -1.11. The summed E-state index contributed by atoms with van der Waals surface area (Å²) in [6.07, 6.45) is -0.937. The van der Waals surface area contributed by atoms with Gasteiger partial charge in [-0.1, -0.05) is 0 Å². The number of carbonyl (C=O) groups excluding carboxylic acids is 1. The number of hydrogen-bond acceptors (Lipinski definition) is 3. The van der Waals surface area contributed by atoms with Gasteiger partial charge in [-0.05, 0) is 18.2 Å². The Morgan fingerprint density at radius 3 is 2.83 bits per heavy atom. The van der Waals surface area contributed by atoms with Crippen molar-refractivity contribution in [3.8, 4) is 5.75 Å². The standard InChI is InChI=1S/C12H10FNO4/c13-7-4-12(5-7)11(17)14-8-3-6(10(15)16)1-2-9(8)18-12/h1-3,7H,4-5H2,(H,14,17)(H,15,16). The third-order valence-corrected chi connectivity index (χ3v) is 3.30. The van der Waals surface area contributed by atoms with Crippen molar-refractivity contribution in [2.75, 3.05) is 5.32 Å². The number of hydrogen-bond donors (Lipinski definition) is 2. The summed E-state index contributed by atoms with van der Waals surface area (Å²) < 4.78 is 18.5. The molecule has 1 saturated carbocycles. The Hall–Kier alpha value is -2.11. The first-order valence-electron chi connectivity index (χ1n) is 5.52. The van der Waals surface area contributed by atoms with Gasteiger partial charge in [0.15, 0.2) is 5.60 Å². The van der Waals surface area contributed by atoms with Crippen LogP contribution in [0.3, 0.4) is 0 Å². The topological polar surface area (TPSA) is 75.6 Å². The maximum atomic E-state index is 12.9. The summed E-state index contributed by atoms with van der Waals surface area (Å²) in [5.41, 5.74) is -0.740. The maximum absolute atomic E-state index is 12.9. The van der Waals surface area contributed by atoms with Crippen molar-refractivity contribution in [2.45, 2.75) is 24.6 Å². The molecule has 0 saturated heterocycles. The average Bonchev–Trinajstić information content (AvgIpc) is 2.27. The highest BCUT2D eigenvalue weighted by atomic mass is 19.1. The number of carbonyl (C=O) groups is 2. The van der Waals surface area contributed by atoms with Crippen molar-refractivity contribution >= 4 is 17.6 Å². The van der Waals surface area contributed by atoms with E-state index in [0.29, 0.717) is 11.4 Å². The molecular weight excluding hydrogens is 241 g/mol. The molecule has 18 heavy (non-hydrogen) atoms. The van der Waals surface area contributed by atoms with E-state index in [1.807, 2.05) is 0 Å². The first-order valence-corrected chi connectivity index (χ1v) is 5.52. The van der Waals surface area contributed by atoms with Gasteiger partial charge < -0.3 is 15.2 Å². The molecule has 0 atom stereocenters. The third kappa shape index (κ3) is 1.45. The number of alkyl halides is 1. The molecule has 1 aliphatic heterocycles. The molecule has 6 heteroatoms. The van der Waals surface area contributed by atoms with Gasteiger partial charge in [-0.25, -0.2) is 9.18 Å². The van der Waals surface area contributed by atoms with Crippen molar-refractivity contribution in [1.82, 2.24) is 0 Å². The maximum Gasteiger partial charge on any atom is 0.335 e. The molecule has 5 nitrogen and oxygen atoms in total. The van der Waals surface area contributed by atoms with Crippen LogP contribution in [0.15, 0.2) is 18.2 Å². The lowest BCUT2D eigenvalue weighted by atomic mass is 9.76. The first-order chi connectivity index (χ1) is 8.50. The number of carboxylic acid groups (broad SMARTS) is 1. The molecule has 1 spiro atoms. The summed E-state index contributed by atoms with van der Waals surface area (Å²) in [6, 6.07) is 4.19. The van der Waals surface area contributed by atoms with Crippen LogP contribution in [0.1, 0.15) is 23.2 Å². The summed E-state index contributed by atoms with van der Waals surface area (Å²) in [4.78, 5) is 22.6. The van der Waals surface area contributed by atoms with Gasteiger partial charge in [-0.3, -0.25) is 4.79 Å². The number of anilines is 1. The van der Waals surface area contributed by atoms with Gasteiger partial charge in [0, 0.05) is 12.8 Å². The molecule has 3 rings (SSSR count). The zero-order chi connectivity index (χ0) is 12.9. The predicted octanol–water partition coefficient (Wildman–Crippen LogP) is 1.59. The highest BCUT2D eigenvalue weighted by Crippen LogP contribution is 2.45. The van der Waals surface area contributed by atoms with Crippen LogP contribution in [-0.4, -0.2) is 28.8 Å². The molecule has 94 valence electrons. The lowest BCUT2D eigenvalue weighted by Gasteiger charge is -2.45. The van der Waals surface area contributed by atoms with Crippen LogP contribution in [0.2, 0.25) is 0 Å². The van der Waals surface area contributed by atoms with Crippen molar-refractivity contribution in [3.05, 3.63) is 23.8 Å². The molecule has 1 amide bonds. The normalized spacial score (nSPS) is 28.9. The smallest absolute Gasteiger partial charge is 0.335 e. The van der Waals surface area contributed by atoms with Gasteiger partial charge in [-0.15, -0.1) is 0 Å². The van der Waals surface area contributed by atoms with E-state index in [9.17, 15) is 14.0 Å². The van der Waals surface area contributed by atoms with Crippen molar-refractivity contribution in [1.29, 1.82) is 0 Å². The second-order valence-electron chi connectivity index (χ2n) is 4.57. The average molecular weight is 251 g/mol. The summed E-state index contributed by atoms with van der Waals surface area (Å²) in [6.45, 7) is 0. The Bertz CT molecular complexity index is 551. The minimum Gasteiger partial charge on any atom is -0.478 e. The molecule has 0 aromatic heterocycles. The van der Waals surface area contributed by atoms with Gasteiger partial charge in [0.1, 0.15) is 11.9 Å². The van der Waals surface area contributed by atoms with Gasteiger partial charge in [-0.2, -0.15) is 0 Å². The van der Waals surface area contributed by atoms with Crippen LogP contribution in [-0.2, 0) is 4.79 Å². The number of rotatable bonds is 1. The summed E-state index contributed by atoms with van der Waals surface area (Å²) in [5, 5.41) is 11.4. The Morgan fingerprint density at radius 2 is 2.22 bits per heavy atom. The molecule has 2 N–H and O–H groups in total. The first kappa shape index (κ1) is 11.0. The fourth-order valence-electron chi connectivity index (χ4n) is 2.27. The fourth-order valence-corrected chi connectivity index (χ4v) is 2.27. The molecule has 2 aliphatic rings. The molecule has 1 heterocycles. The van der Waals surface area contributed by atoms with E-state index < -0.39 is 23.6 Å². The number of halogens is 1. The minimum atomic E-state index is -1.11. The minimum absolute atomic E-state index is 0.0406. The summed E-state index contributed by atoms with van der Waals surface area (Å²) >= 11 is 0. The predicted molar refractivity (Wildman–Crippen MR) is 59.5 cm³/mol. The lowest BCUT2D eigenvalue weighted by Crippen LogP contribution is -2.60. The molecule has 0 unspecified atom stereocenters. The molecule has 1 aromatic carbocycles. The van der Waals surface area contributed by atoms with E-state index >= 15 is 0 Å². The molecule has 0 bridgehead atoms. The number of carboxylic acids is 1. The van der Waals surface area contributed by atoms with Crippen LogP contribution in [0.4, 0.5) is 10.1 Å². The van der Waals surface area contributed by atoms with E-state index in [1.165, 1.54) is 18.2 Å². The Balaban J connectivity index is 1.95. The molecule has 1 aromatic rings. The highest BCUT2D eigenvalue weighted by Gasteiger charge is 2.55. The highest BCUT2D eigenvalue weighted by molar-refractivity contribution is 6.02. The van der Waals surface area contributed by atoms with Crippen LogP contribution in [0.5, 0.6) is 5.75 Å². The van der Waals surface area contributed by atoms with E-state index in [4.69, 9.17) is 9.84 Å². The monoisotopic (exact) mass is 251 g/mol. The van der Waals surface area contributed by atoms with E-state index in [1.54, 1.807) is 0 Å². The van der Waals surface area contributed by atoms with Crippen LogP contribution >= 0.6 is 0 Å². The molecule has 0 radical (unpaired) electrons. The zero-order valence-electron chi connectivity index (χ0n) is 9.27. The second-order valence-corrected chi connectivity index (χ2v) is 4.57. The van der Waals surface area contributed by atoms with Crippen LogP contribution in [0, 0.1) is 0 Å². The van der Waals surface area contributed by atoms with E-state index in [2.05, 4.69) is 5.32 Å².